The van der Waals surface area contributed by atoms with Gasteiger partial charge in [0, 0.05) is 12.1 Å². The lowest BCUT2D eigenvalue weighted by Gasteiger charge is -2.06. The van der Waals surface area contributed by atoms with Crippen LogP contribution in [0.1, 0.15) is 18.1 Å². The van der Waals surface area contributed by atoms with Crippen molar-refractivity contribution >= 4 is 23.2 Å². The molecule has 0 saturated heterocycles. The van der Waals surface area contributed by atoms with Gasteiger partial charge in [0.15, 0.2) is 12.4 Å². The first-order valence-corrected chi connectivity index (χ1v) is 7.00. The number of halogens is 1. The van der Waals surface area contributed by atoms with E-state index in [-0.39, 0.29) is 12.5 Å². The van der Waals surface area contributed by atoms with Crippen LogP contribution in [0.3, 0.4) is 0 Å². The number of carbonyl (C=O) groups excluding carboxylic acids is 1. The van der Waals surface area contributed by atoms with Crippen LogP contribution in [0.15, 0.2) is 42.7 Å². The van der Waals surface area contributed by atoms with E-state index in [1.54, 1.807) is 0 Å². The number of nitrogens with zero attached hydrogens (tertiary/aromatic N) is 1. The van der Waals surface area contributed by atoms with Gasteiger partial charge in [-0.1, -0.05) is 24.6 Å². The lowest BCUT2D eigenvalue weighted by molar-refractivity contribution is -0.684. The molecule has 0 unspecified atom stereocenters. The van der Waals surface area contributed by atoms with Crippen molar-refractivity contribution < 1.29 is 9.36 Å². The number of rotatable bonds is 4. The van der Waals surface area contributed by atoms with Crippen molar-refractivity contribution in [1.82, 2.24) is 0 Å². The zero-order chi connectivity index (χ0) is 14.5. The maximum atomic E-state index is 12.0. The molecular formula is C16H18ClN2O+. The summed E-state index contributed by atoms with van der Waals surface area (Å²) in [5.41, 5.74) is 2.97. The predicted octanol–water partition coefficient (Wildman–Crippen LogP) is 3.14. The van der Waals surface area contributed by atoms with Crippen LogP contribution in [0.25, 0.3) is 0 Å². The summed E-state index contributed by atoms with van der Waals surface area (Å²) >= 11 is 6.09. The molecule has 0 aliphatic carbocycles. The van der Waals surface area contributed by atoms with E-state index in [0.717, 1.165) is 12.0 Å². The van der Waals surface area contributed by atoms with Gasteiger partial charge < -0.3 is 5.32 Å². The van der Waals surface area contributed by atoms with Crippen LogP contribution in [0, 0.1) is 6.92 Å². The number of amides is 1. The maximum absolute atomic E-state index is 12.0. The normalized spacial score (nSPS) is 10.3. The maximum Gasteiger partial charge on any atom is 0.290 e. The quantitative estimate of drug-likeness (QED) is 0.862. The van der Waals surface area contributed by atoms with Gasteiger partial charge in [0.1, 0.15) is 0 Å². The molecule has 0 fully saturated rings. The largest absolute Gasteiger partial charge is 0.319 e. The molecule has 20 heavy (non-hydrogen) atoms. The first-order valence-electron chi connectivity index (χ1n) is 6.62. The van der Waals surface area contributed by atoms with E-state index < -0.39 is 0 Å². The van der Waals surface area contributed by atoms with Crippen molar-refractivity contribution in [1.29, 1.82) is 0 Å². The summed E-state index contributed by atoms with van der Waals surface area (Å²) in [5, 5.41) is 3.38. The second kappa shape index (κ2) is 6.53. The predicted molar refractivity (Wildman–Crippen MR) is 80.8 cm³/mol. The zero-order valence-electron chi connectivity index (χ0n) is 11.7. The van der Waals surface area contributed by atoms with Gasteiger partial charge in [0.25, 0.3) is 5.91 Å². The molecule has 2 aromatic rings. The molecule has 1 N–H and O–H groups in total. The minimum atomic E-state index is -0.0926. The van der Waals surface area contributed by atoms with Gasteiger partial charge in [-0.05, 0) is 36.6 Å². The number of benzene rings is 1. The van der Waals surface area contributed by atoms with Crippen molar-refractivity contribution in [3.8, 4) is 0 Å². The van der Waals surface area contributed by atoms with E-state index in [1.807, 2.05) is 54.2 Å². The second-order valence-corrected chi connectivity index (χ2v) is 5.17. The number of hydrogen-bond donors (Lipinski definition) is 1. The molecule has 0 atom stereocenters. The Morgan fingerprint density at radius 1 is 1.25 bits per heavy atom. The van der Waals surface area contributed by atoms with Gasteiger partial charge >= 0.3 is 0 Å². The monoisotopic (exact) mass is 289 g/mol. The van der Waals surface area contributed by atoms with Crippen LogP contribution >= 0.6 is 11.6 Å². The van der Waals surface area contributed by atoms with Crippen molar-refractivity contribution in [3.05, 3.63) is 58.9 Å². The highest BCUT2D eigenvalue weighted by Crippen LogP contribution is 2.22. The third kappa shape index (κ3) is 3.81. The first-order chi connectivity index (χ1) is 9.58. The summed E-state index contributed by atoms with van der Waals surface area (Å²) in [6.45, 7) is 4.34. The van der Waals surface area contributed by atoms with Crippen LogP contribution in [0.5, 0.6) is 0 Å². The minimum Gasteiger partial charge on any atom is -0.319 e. The van der Waals surface area contributed by atoms with Crippen LogP contribution in [0.2, 0.25) is 5.02 Å². The van der Waals surface area contributed by atoms with Gasteiger partial charge in [-0.25, -0.2) is 0 Å². The molecule has 0 bridgehead atoms. The SMILES string of the molecule is CCc1cc[n+](CC(=O)Nc2ccc(C)cc2Cl)cc1. The second-order valence-electron chi connectivity index (χ2n) is 4.76. The average Bonchev–Trinajstić information content (AvgIpc) is 2.43. The molecule has 4 heteroatoms. The van der Waals surface area contributed by atoms with Gasteiger partial charge in [-0.3, -0.25) is 4.79 Å². The first kappa shape index (κ1) is 14.5. The lowest BCUT2D eigenvalue weighted by Crippen LogP contribution is -2.39. The molecule has 1 heterocycles. The highest BCUT2D eigenvalue weighted by Gasteiger charge is 2.11. The zero-order valence-corrected chi connectivity index (χ0v) is 12.4. The molecule has 104 valence electrons. The Hall–Kier alpha value is -1.87. The molecule has 0 spiro atoms. The molecule has 3 nitrogen and oxygen atoms in total. The lowest BCUT2D eigenvalue weighted by atomic mass is 10.2. The molecule has 1 aromatic heterocycles. The van der Waals surface area contributed by atoms with Gasteiger partial charge in [0.05, 0.1) is 10.7 Å². The third-order valence-corrected chi connectivity index (χ3v) is 3.41. The molecule has 1 amide bonds. The number of pyridine rings is 1. The Morgan fingerprint density at radius 2 is 1.95 bits per heavy atom. The van der Waals surface area contributed by atoms with E-state index in [2.05, 4.69) is 12.2 Å². The Bertz CT molecular complexity index is 608. The molecule has 0 aliphatic rings. The van der Waals surface area contributed by atoms with E-state index in [4.69, 9.17) is 11.6 Å². The molecule has 2 rings (SSSR count). The summed E-state index contributed by atoms with van der Waals surface area (Å²) in [6.07, 6.45) is 4.82. The summed E-state index contributed by atoms with van der Waals surface area (Å²) in [4.78, 5) is 12.0. The van der Waals surface area contributed by atoms with Gasteiger partial charge in [-0.2, -0.15) is 4.57 Å². The number of hydrogen-bond acceptors (Lipinski definition) is 1. The Balaban J connectivity index is 2.01. The molecule has 1 aromatic carbocycles. The minimum absolute atomic E-state index is 0.0926. The fourth-order valence-corrected chi connectivity index (χ4v) is 2.19. The van der Waals surface area contributed by atoms with Gasteiger partial charge in [0.2, 0.25) is 6.54 Å². The number of anilines is 1. The Morgan fingerprint density at radius 3 is 2.55 bits per heavy atom. The van der Waals surface area contributed by atoms with E-state index >= 15 is 0 Å². The molecular weight excluding hydrogens is 272 g/mol. The highest BCUT2D eigenvalue weighted by molar-refractivity contribution is 6.33. The van der Waals surface area contributed by atoms with Crippen LogP contribution < -0.4 is 9.88 Å². The number of aryl methyl sites for hydroxylation is 2. The van der Waals surface area contributed by atoms with Gasteiger partial charge in [-0.15, -0.1) is 0 Å². The Labute approximate surface area is 124 Å². The summed E-state index contributed by atoms with van der Waals surface area (Å²) in [6, 6.07) is 9.61. The molecule has 0 aliphatic heterocycles. The summed E-state index contributed by atoms with van der Waals surface area (Å²) in [7, 11) is 0. The van der Waals surface area contributed by atoms with Crippen molar-refractivity contribution in [3.63, 3.8) is 0 Å². The topological polar surface area (TPSA) is 33.0 Å². The van der Waals surface area contributed by atoms with Crippen molar-refractivity contribution in [2.24, 2.45) is 0 Å². The van der Waals surface area contributed by atoms with Crippen LogP contribution in [0.4, 0.5) is 5.69 Å². The van der Waals surface area contributed by atoms with Crippen LogP contribution in [-0.4, -0.2) is 5.91 Å². The fraction of sp³-hybridized carbons (Fsp3) is 0.250. The number of aromatic nitrogens is 1. The third-order valence-electron chi connectivity index (χ3n) is 3.09. The van der Waals surface area contributed by atoms with Crippen molar-refractivity contribution in [2.75, 3.05) is 5.32 Å². The summed E-state index contributed by atoms with van der Waals surface area (Å²) < 4.78 is 1.84. The molecule has 0 saturated carbocycles. The van der Waals surface area contributed by atoms with E-state index in [1.165, 1.54) is 5.56 Å². The standard InChI is InChI=1S/C16H17ClN2O/c1-3-13-6-8-19(9-7-13)11-16(20)18-15-5-4-12(2)10-14(15)17/h4-10H,3,11H2,1-2H3/p+1. The molecule has 0 radical (unpaired) electrons. The van der Waals surface area contributed by atoms with Crippen molar-refractivity contribution in [2.45, 2.75) is 26.8 Å². The highest BCUT2D eigenvalue weighted by atomic mass is 35.5. The Kier molecular flexibility index (Phi) is 4.74. The van der Waals surface area contributed by atoms with E-state index in [0.29, 0.717) is 10.7 Å². The average molecular weight is 290 g/mol. The number of nitrogens with one attached hydrogen (secondary N) is 1. The van der Waals surface area contributed by atoms with Crippen LogP contribution in [-0.2, 0) is 17.8 Å². The fourth-order valence-electron chi connectivity index (χ4n) is 1.91. The number of carbonyl (C=O) groups is 1. The van der Waals surface area contributed by atoms with E-state index in [9.17, 15) is 4.79 Å². The smallest absolute Gasteiger partial charge is 0.290 e. The summed E-state index contributed by atoms with van der Waals surface area (Å²) in [5.74, 6) is -0.0926.